The molecule has 3 aliphatic rings. The zero-order valence-electron chi connectivity index (χ0n) is 18.8. The van der Waals surface area contributed by atoms with Crippen molar-refractivity contribution in [2.45, 2.75) is 118 Å². The molecule has 0 radical (unpaired) electrons. The minimum atomic E-state index is -4.33. The summed E-state index contributed by atoms with van der Waals surface area (Å²) >= 11 is 6.28. The van der Waals surface area contributed by atoms with Crippen LogP contribution in [0, 0.1) is 17.8 Å². The van der Waals surface area contributed by atoms with Crippen molar-refractivity contribution in [3.05, 3.63) is 0 Å². The van der Waals surface area contributed by atoms with E-state index in [1.54, 1.807) is 0 Å². The Labute approximate surface area is 194 Å². The Kier molecular flexibility index (Phi) is 9.21. The van der Waals surface area contributed by atoms with Gasteiger partial charge in [0.2, 0.25) is 0 Å². The molecule has 6 atom stereocenters. The summed E-state index contributed by atoms with van der Waals surface area (Å²) in [6.07, 6.45) is 0.352. The monoisotopic (exact) mass is 504 g/mol. The Balaban J connectivity index is 1.54. The second-order valence-electron chi connectivity index (χ2n) is 10.1. The molecule has 0 aromatic heterocycles. The summed E-state index contributed by atoms with van der Waals surface area (Å²) in [5.41, 5.74) is 0. The third-order valence-electron chi connectivity index (χ3n) is 8.04. The molecule has 0 aromatic rings. The van der Waals surface area contributed by atoms with Crippen LogP contribution >= 0.6 is 11.6 Å². The highest BCUT2D eigenvalue weighted by Gasteiger charge is 2.47. The number of rotatable bonds is 7. The van der Waals surface area contributed by atoms with Crippen LogP contribution in [0.5, 0.6) is 0 Å². The van der Waals surface area contributed by atoms with Gasteiger partial charge >= 0.3 is 6.18 Å². The molecule has 188 valence electrons. The number of hydrogen-bond acceptors (Lipinski definition) is 3. The first-order valence-corrected chi connectivity index (χ1v) is 14.3. The molecule has 3 saturated carbocycles. The standard InChI is InChI=1S/C23H37ClF4O3S/c1-2-22(32(29,30)18-6-3-5-16(13-18)23(26,27)28)15-9-11-17(12-10-15)31-14-19-20(24)7-4-8-21(19)25/h15-22H,2-14H2,1H3. The summed E-state index contributed by atoms with van der Waals surface area (Å²) in [6.45, 7) is 2.11. The van der Waals surface area contributed by atoms with Crippen molar-refractivity contribution in [2.75, 3.05) is 6.61 Å². The molecular formula is C23H37ClF4O3S. The first-order chi connectivity index (χ1) is 15.0. The molecule has 3 fully saturated rings. The normalized spacial score (nSPS) is 38.4. The number of alkyl halides is 5. The van der Waals surface area contributed by atoms with Crippen molar-refractivity contribution in [1.29, 1.82) is 0 Å². The van der Waals surface area contributed by atoms with Gasteiger partial charge in [-0.2, -0.15) is 13.2 Å². The van der Waals surface area contributed by atoms with Gasteiger partial charge in [-0.1, -0.05) is 13.3 Å². The zero-order valence-corrected chi connectivity index (χ0v) is 20.4. The third-order valence-corrected chi connectivity index (χ3v) is 11.5. The lowest BCUT2D eigenvalue weighted by Gasteiger charge is -2.38. The van der Waals surface area contributed by atoms with Crippen LogP contribution in [0.15, 0.2) is 0 Å². The van der Waals surface area contributed by atoms with Gasteiger partial charge in [-0.25, -0.2) is 12.8 Å². The maximum Gasteiger partial charge on any atom is 0.391 e. The van der Waals surface area contributed by atoms with Gasteiger partial charge in [-0.3, -0.25) is 0 Å². The fourth-order valence-electron chi connectivity index (χ4n) is 6.07. The van der Waals surface area contributed by atoms with Gasteiger partial charge in [-0.15, -0.1) is 11.6 Å². The summed E-state index contributed by atoms with van der Waals surface area (Å²) in [7, 11) is -3.64. The summed E-state index contributed by atoms with van der Waals surface area (Å²) in [5.74, 6) is -1.86. The highest BCUT2D eigenvalue weighted by Crippen LogP contribution is 2.43. The summed E-state index contributed by atoms with van der Waals surface area (Å²) in [5, 5.41) is -1.70. The van der Waals surface area contributed by atoms with E-state index in [2.05, 4.69) is 0 Å². The predicted molar refractivity (Wildman–Crippen MR) is 118 cm³/mol. The van der Waals surface area contributed by atoms with E-state index in [1.807, 2.05) is 6.92 Å². The molecule has 32 heavy (non-hydrogen) atoms. The highest BCUT2D eigenvalue weighted by atomic mass is 35.5. The molecule has 0 spiro atoms. The number of ether oxygens (including phenoxy) is 1. The van der Waals surface area contributed by atoms with Crippen molar-refractivity contribution < 1.29 is 30.7 Å². The SMILES string of the molecule is CCC(C1CCC(OCC2C(F)CCCC2Cl)CC1)S(=O)(=O)C1CCCC(C(F)(F)F)C1. The van der Waals surface area contributed by atoms with Crippen LogP contribution in [0.1, 0.15) is 84.0 Å². The largest absolute Gasteiger partial charge is 0.391 e. The van der Waals surface area contributed by atoms with Crippen LogP contribution in [0.4, 0.5) is 17.6 Å². The number of hydrogen-bond donors (Lipinski definition) is 0. The van der Waals surface area contributed by atoms with E-state index >= 15 is 0 Å². The molecule has 3 rings (SSSR count). The average molecular weight is 505 g/mol. The Hall–Kier alpha value is -0.0800. The highest BCUT2D eigenvalue weighted by molar-refractivity contribution is 7.92. The van der Waals surface area contributed by atoms with E-state index in [0.29, 0.717) is 58.0 Å². The van der Waals surface area contributed by atoms with Gasteiger partial charge in [-0.05, 0) is 76.5 Å². The van der Waals surface area contributed by atoms with E-state index in [1.165, 1.54) is 0 Å². The van der Waals surface area contributed by atoms with Gasteiger partial charge in [0, 0.05) is 11.3 Å². The minimum absolute atomic E-state index is 0.0264. The summed E-state index contributed by atoms with van der Waals surface area (Å²) in [6, 6.07) is 0. The molecule has 3 aliphatic carbocycles. The Bertz CT molecular complexity index is 684. The molecule has 0 saturated heterocycles. The fourth-order valence-corrected chi connectivity index (χ4v) is 9.22. The minimum Gasteiger partial charge on any atom is -0.378 e. The maximum atomic E-state index is 14.2. The lowest BCUT2D eigenvalue weighted by atomic mass is 9.84. The maximum absolute atomic E-state index is 14.2. The molecule has 6 unspecified atom stereocenters. The molecule has 0 aromatic carbocycles. The number of halogens is 5. The Morgan fingerprint density at radius 3 is 2.25 bits per heavy atom. The quantitative estimate of drug-likeness (QED) is 0.289. The van der Waals surface area contributed by atoms with E-state index in [9.17, 15) is 26.0 Å². The van der Waals surface area contributed by atoms with Crippen LogP contribution in [-0.4, -0.2) is 49.4 Å². The molecule has 9 heteroatoms. The first kappa shape index (κ1) is 26.5. The van der Waals surface area contributed by atoms with Gasteiger partial charge in [0.25, 0.3) is 0 Å². The molecule has 0 amide bonds. The molecule has 0 heterocycles. The van der Waals surface area contributed by atoms with Gasteiger partial charge < -0.3 is 4.74 Å². The van der Waals surface area contributed by atoms with Crippen molar-refractivity contribution >= 4 is 21.4 Å². The van der Waals surface area contributed by atoms with E-state index in [-0.39, 0.29) is 36.2 Å². The van der Waals surface area contributed by atoms with Crippen LogP contribution in [0.3, 0.4) is 0 Å². The summed E-state index contributed by atoms with van der Waals surface area (Å²) in [4.78, 5) is 0. The van der Waals surface area contributed by atoms with Crippen LogP contribution in [0.25, 0.3) is 0 Å². The Morgan fingerprint density at radius 2 is 1.66 bits per heavy atom. The smallest absolute Gasteiger partial charge is 0.378 e. The van der Waals surface area contributed by atoms with Gasteiger partial charge in [0.05, 0.1) is 29.1 Å². The second-order valence-corrected chi connectivity index (χ2v) is 13.1. The van der Waals surface area contributed by atoms with Crippen molar-refractivity contribution in [1.82, 2.24) is 0 Å². The van der Waals surface area contributed by atoms with Crippen molar-refractivity contribution in [2.24, 2.45) is 17.8 Å². The van der Waals surface area contributed by atoms with Crippen molar-refractivity contribution in [3.8, 4) is 0 Å². The van der Waals surface area contributed by atoms with E-state index in [4.69, 9.17) is 16.3 Å². The van der Waals surface area contributed by atoms with Crippen molar-refractivity contribution in [3.63, 3.8) is 0 Å². The van der Waals surface area contributed by atoms with Crippen LogP contribution in [0.2, 0.25) is 0 Å². The molecular weight excluding hydrogens is 468 g/mol. The average Bonchev–Trinajstić information content (AvgIpc) is 2.74. The predicted octanol–water partition coefficient (Wildman–Crippen LogP) is 6.62. The first-order valence-electron chi connectivity index (χ1n) is 12.2. The van der Waals surface area contributed by atoms with E-state index < -0.39 is 38.6 Å². The lowest BCUT2D eigenvalue weighted by Crippen LogP contribution is -2.43. The molecule has 0 aliphatic heterocycles. The third kappa shape index (κ3) is 6.32. The van der Waals surface area contributed by atoms with Crippen LogP contribution in [-0.2, 0) is 14.6 Å². The Morgan fingerprint density at radius 1 is 1.00 bits per heavy atom. The second kappa shape index (κ2) is 11.1. The summed E-state index contributed by atoms with van der Waals surface area (Å²) < 4.78 is 86.4. The number of sulfone groups is 1. The lowest BCUT2D eigenvalue weighted by molar-refractivity contribution is -0.181. The topological polar surface area (TPSA) is 43.4 Å². The van der Waals surface area contributed by atoms with Gasteiger partial charge in [0.1, 0.15) is 6.17 Å². The van der Waals surface area contributed by atoms with Gasteiger partial charge in [0.15, 0.2) is 9.84 Å². The van der Waals surface area contributed by atoms with E-state index in [0.717, 1.165) is 12.8 Å². The van der Waals surface area contributed by atoms with Crippen LogP contribution < -0.4 is 0 Å². The molecule has 0 N–H and O–H groups in total. The molecule has 0 bridgehead atoms. The fraction of sp³-hybridized carbons (Fsp3) is 1.00. The zero-order chi connectivity index (χ0) is 23.5. The molecule has 3 nitrogen and oxygen atoms in total.